The van der Waals surface area contributed by atoms with Gasteiger partial charge in [-0.15, -0.1) is 12.4 Å². The number of carbonyl (C=O) groups is 2. The van der Waals surface area contributed by atoms with E-state index in [9.17, 15) is 9.59 Å². The summed E-state index contributed by atoms with van der Waals surface area (Å²) in [5.41, 5.74) is -0.472. The molecule has 1 amide bonds. The van der Waals surface area contributed by atoms with Crippen molar-refractivity contribution in [2.75, 3.05) is 20.2 Å². The van der Waals surface area contributed by atoms with Crippen molar-refractivity contribution < 1.29 is 19.1 Å². The Morgan fingerprint density at radius 1 is 1.17 bits per heavy atom. The molecule has 1 atom stereocenters. The fourth-order valence-corrected chi connectivity index (χ4v) is 2.47. The lowest BCUT2D eigenvalue weighted by Crippen LogP contribution is -2.52. The van der Waals surface area contributed by atoms with Gasteiger partial charge in [-0.05, 0) is 39.5 Å². The van der Waals surface area contributed by atoms with Gasteiger partial charge in [0.25, 0.3) is 0 Å². The van der Waals surface area contributed by atoms with E-state index in [1.807, 2.05) is 34.6 Å². The minimum absolute atomic E-state index is 0. The summed E-state index contributed by atoms with van der Waals surface area (Å²) in [6.45, 7) is 10.8. The third-order valence-electron chi connectivity index (χ3n) is 3.68. The number of amides is 1. The van der Waals surface area contributed by atoms with Crippen LogP contribution < -0.4 is 5.32 Å². The largest absolute Gasteiger partial charge is 0.468 e. The molecule has 1 fully saturated rings. The maximum atomic E-state index is 12.0. The van der Waals surface area contributed by atoms with Gasteiger partial charge in [-0.3, -0.25) is 4.79 Å². The number of halogens is 1. The molecule has 0 aromatic carbocycles. The van der Waals surface area contributed by atoms with Gasteiger partial charge in [0.1, 0.15) is 11.6 Å². The zero-order valence-corrected chi connectivity index (χ0v) is 15.9. The number of nitrogens with zero attached hydrogens (tertiary/aromatic N) is 1. The molecule has 7 heteroatoms. The average molecular weight is 351 g/mol. The number of nitrogens with one attached hydrogen (secondary N) is 1. The number of ether oxygens (including phenoxy) is 2. The van der Waals surface area contributed by atoms with Crippen LogP contribution in [0.1, 0.15) is 47.5 Å². The quantitative estimate of drug-likeness (QED) is 0.789. The highest BCUT2D eigenvalue weighted by atomic mass is 35.5. The van der Waals surface area contributed by atoms with E-state index in [2.05, 4.69) is 5.32 Å². The first-order valence-electron chi connectivity index (χ1n) is 7.96. The van der Waals surface area contributed by atoms with Gasteiger partial charge in [0.05, 0.1) is 7.11 Å². The summed E-state index contributed by atoms with van der Waals surface area (Å²) >= 11 is 0. The summed E-state index contributed by atoms with van der Waals surface area (Å²) in [5.74, 6) is -0.0686. The van der Waals surface area contributed by atoms with Gasteiger partial charge >= 0.3 is 12.1 Å². The summed E-state index contributed by atoms with van der Waals surface area (Å²) < 4.78 is 10.2. The van der Waals surface area contributed by atoms with E-state index in [1.165, 1.54) is 7.11 Å². The molecule has 0 aliphatic carbocycles. The number of hydrogen-bond acceptors (Lipinski definition) is 5. The Morgan fingerprint density at radius 2 is 1.70 bits per heavy atom. The zero-order chi connectivity index (χ0) is 16.9. The van der Waals surface area contributed by atoms with Gasteiger partial charge in [0, 0.05) is 19.1 Å². The van der Waals surface area contributed by atoms with Crippen LogP contribution in [0.25, 0.3) is 0 Å². The van der Waals surface area contributed by atoms with Gasteiger partial charge in [-0.1, -0.05) is 13.8 Å². The fraction of sp³-hybridized carbons (Fsp3) is 0.875. The lowest BCUT2D eigenvalue weighted by molar-refractivity contribution is -0.144. The molecule has 0 bridgehead atoms. The predicted octanol–water partition coefficient (Wildman–Crippen LogP) is 2.59. The van der Waals surface area contributed by atoms with E-state index in [4.69, 9.17) is 9.47 Å². The van der Waals surface area contributed by atoms with Crippen LogP contribution in [0, 0.1) is 5.92 Å². The number of rotatable bonds is 4. The van der Waals surface area contributed by atoms with Gasteiger partial charge in [0.15, 0.2) is 0 Å². The maximum Gasteiger partial charge on any atom is 0.410 e. The molecule has 1 aliphatic heterocycles. The molecule has 1 saturated heterocycles. The molecule has 23 heavy (non-hydrogen) atoms. The van der Waals surface area contributed by atoms with Gasteiger partial charge in [-0.25, -0.2) is 4.79 Å². The lowest BCUT2D eigenvalue weighted by Gasteiger charge is -2.35. The van der Waals surface area contributed by atoms with E-state index < -0.39 is 5.60 Å². The Hall–Kier alpha value is -1.01. The summed E-state index contributed by atoms with van der Waals surface area (Å²) in [6, 6.07) is -0.0896. The van der Waals surface area contributed by atoms with Crippen LogP contribution in [0.5, 0.6) is 0 Å². The molecule has 1 aliphatic rings. The molecule has 1 heterocycles. The van der Waals surface area contributed by atoms with E-state index in [1.54, 1.807) is 4.90 Å². The zero-order valence-electron chi connectivity index (χ0n) is 15.0. The van der Waals surface area contributed by atoms with E-state index in [0.717, 1.165) is 12.8 Å². The first-order valence-corrected chi connectivity index (χ1v) is 7.96. The minimum atomic E-state index is -0.472. The van der Waals surface area contributed by atoms with E-state index in [-0.39, 0.29) is 42.5 Å². The Morgan fingerprint density at radius 3 is 2.09 bits per heavy atom. The number of esters is 1. The second-order valence-electron chi connectivity index (χ2n) is 7.15. The van der Waals surface area contributed by atoms with E-state index in [0.29, 0.717) is 13.1 Å². The van der Waals surface area contributed by atoms with Crippen LogP contribution >= 0.6 is 12.4 Å². The molecule has 1 rings (SSSR count). The number of hydrogen-bond donors (Lipinski definition) is 1. The standard InChI is InChI=1S/C16H30N2O4.ClH/c1-11(2)13(14(19)21-6)17-12-7-9-18(10-8-12)15(20)22-16(3,4)5;/h11-13,17H,7-10H2,1-6H3;1H. The Bertz CT molecular complexity index is 388. The Kier molecular flexibility index (Phi) is 8.92. The summed E-state index contributed by atoms with van der Waals surface area (Å²) in [6.07, 6.45) is 1.35. The molecule has 1 unspecified atom stereocenters. The fourth-order valence-electron chi connectivity index (χ4n) is 2.47. The Labute approximate surface area is 145 Å². The van der Waals surface area contributed by atoms with E-state index >= 15 is 0 Å². The SMILES string of the molecule is COC(=O)C(NC1CCN(C(=O)OC(C)(C)C)CC1)C(C)C.Cl. The molecule has 136 valence electrons. The van der Waals surface area contributed by atoms with Gasteiger partial charge < -0.3 is 19.7 Å². The first kappa shape index (κ1) is 22.0. The van der Waals surface area contributed by atoms with Gasteiger partial charge in [-0.2, -0.15) is 0 Å². The van der Waals surface area contributed by atoms with Crippen LogP contribution in [0.15, 0.2) is 0 Å². The number of methoxy groups -OCH3 is 1. The van der Waals surface area contributed by atoms with Crippen molar-refractivity contribution in [2.45, 2.75) is 65.1 Å². The summed E-state index contributed by atoms with van der Waals surface area (Å²) in [4.78, 5) is 25.5. The molecule has 0 aromatic heterocycles. The Balaban J connectivity index is 0.00000484. The third-order valence-corrected chi connectivity index (χ3v) is 3.68. The van der Waals surface area contributed by atoms with Crippen molar-refractivity contribution >= 4 is 24.5 Å². The average Bonchev–Trinajstić information content (AvgIpc) is 2.42. The molecule has 0 saturated carbocycles. The number of likely N-dealkylation sites (tertiary alicyclic amines) is 1. The van der Waals surface area contributed by atoms with Crippen LogP contribution in [0.2, 0.25) is 0 Å². The monoisotopic (exact) mass is 350 g/mol. The molecular weight excluding hydrogens is 320 g/mol. The lowest BCUT2D eigenvalue weighted by atomic mass is 9.99. The van der Waals surface area contributed by atoms with Crippen molar-refractivity contribution in [3.8, 4) is 0 Å². The van der Waals surface area contributed by atoms with Crippen molar-refractivity contribution in [3.05, 3.63) is 0 Å². The predicted molar refractivity (Wildman–Crippen MR) is 91.9 cm³/mol. The normalized spacial score (nSPS) is 17.4. The highest BCUT2D eigenvalue weighted by Crippen LogP contribution is 2.17. The molecular formula is C16H31ClN2O4. The maximum absolute atomic E-state index is 12.0. The number of carbonyl (C=O) groups excluding carboxylic acids is 2. The highest BCUT2D eigenvalue weighted by molar-refractivity contribution is 5.85. The topological polar surface area (TPSA) is 67.9 Å². The van der Waals surface area contributed by atoms with Crippen molar-refractivity contribution in [1.82, 2.24) is 10.2 Å². The van der Waals surface area contributed by atoms with Crippen molar-refractivity contribution in [3.63, 3.8) is 0 Å². The molecule has 1 N–H and O–H groups in total. The van der Waals surface area contributed by atoms with Crippen LogP contribution in [0.4, 0.5) is 4.79 Å². The van der Waals surface area contributed by atoms with Crippen molar-refractivity contribution in [2.24, 2.45) is 5.92 Å². The second kappa shape index (κ2) is 9.33. The minimum Gasteiger partial charge on any atom is -0.468 e. The third kappa shape index (κ3) is 7.40. The molecule has 0 spiro atoms. The number of piperidine rings is 1. The second-order valence-corrected chi connectivity index (χ2v) is 7.15. The molecule has 6 nitrogen and oxygen atoms in total. The van der Waals surface area contributed by atoms with Crippen molar-refractivity contribution in [1.29, 1.82) is 0 Å². The first-order chi connectivity index (χ1) is 10.1. The summed E-state index contributed by atoms with van der Waals surface area (Å²) in [7, 11) is 1.41. The highest BCUT2D eigenvalue weighted by Gasteiger charge is 2.30. The molecule has 0 aromatic rings. The smallest absolute Gasteiger partial charge is 0.410 e. The van der Waals surface area contributed by atoms with Crippen LogP contribution in [0.3, 0.4) is 0 Å². The summed E-state index contributed by atoms with van der Waals surface area (Å²) in [5, 5.41) is 3.36. The van der Waals surface area contributed by atoms with Crippen LogP contribution in [-0.2, 0) is 14.3 Å². The van der Waals surface area contributed by atoms with Gasteiger partial charge in [0.2, 0.25) is 0 Å². The molecule has 0 radical (unpaired) electrons. The van der Waals surface area contributed by atoms with Crippen LogP contribution in [-0.4, -0.2) is 54.8 Å².